The maximum absolute atomic E-state index is 2.54. The van der Waals surface area contributed by atoms with Crippen molar-refractivity contribution in [1.29, 1.82) is 0 Å². The molecule has 126 valence electrons. The molecule has 0 heterocycles. The Kier molecular flexibility index (Phi) is 10.3. The first-order valence-corrected chi connectivity index (χ1v) is 9.08. The Hall–Kier alpha value is -0.300. The molecule has 0 fully saturated rings. The molecule has 0 rings (SSSR count). The van der Waals surface area contributed by atoms with Crippen LogP contribution in [0.15, 0.2) is 11.6 Å². The van der Waals surface area contributed by atoms with Crippen molar-refractivity contribution in [2.75, 3.05) is 20.6 Å². The number of hydrogen-bond donors (Lipinski definition) is 0. The van der Waals surface area contributed by atoms with Gasteiger partial charge < -0.3 is 4.90 Å². The zero-order chi connectivity index (χ0) is 16.5. The summed E-state index contributed by atoms with van der Waals surface area (Å²) in [5.41, 5.74) is 2.14. The van der Waals surface area contributed by atoms with Gasteiger partial charge in [0.2, 0.25) is 0 Å². The van der Waals surface area contributed by atoms with E-state index in [-0.39, 0.29) is 0 Å². The van der Waals surface area contributed by atoms with E-state index in [1.54, 1.807) is 5.57 Å². The minimum Gasteiger partial charge on any atom is -0.309 e. The molecule has 1 nitrogen and oxygen atoms in total. The molecule has 1 atom stereocenters. The van der Waals surface area contributed by atoms with Gasteiger partial charge in [-0.15, -0.1) is 0 Å². The molecule has 0 aromatic heterocycles. The van der Waals surface area contributed by atoms with Gasteiger partial charge in [0.25, 0.3) is 0 Å². The highest BCUT2D eigenvalue weighted by Gasteiger charge is 2.31. The van der Waals surface area contributed by atoms with Crippen molar-refractivity contribution in [2.45, 2.75) is 80.1 Å². The van der Waals surface area contributed by atoms with E-state index in [1.165, 1.54) is 45.1 Å². The van der Waals surface area contributed by atoms with E-state index in [4.69, 9.17) is 0 Å². The Bertz CT molecular complexity index is 286. The zero-order valence-corrected chi connectivity index (χ0v) is 16.1. The Balaban J connectivity index is 4.76. The molecule has 0 bridgehead atoms. The molecule has 0 N–H and O–H groups in total. The van der Waals surface area contributed by atoms with E-state index in [0.717, 1.165) is 11.8 Å². The van der Waals surface area contributed by atoms with Crippen molar-refractivity contribution in [2.24, 2.45) is 17.3 Å². The second kappa shape index (κ2) is 10.4. The fraction of sp³-hybridized carbons (Fsp3) is 0.900. The van der Waals surface area contributed by atoms with Crippen molar-refractivity contribution in [1.82, 2.24) is 4.90 Å². The van der Waals surface area contributed by atoms with Gasteiger partial charge in [0.1, 0.15) is 0 Å². The van der Waals surface area contributed by atoms with Crippen LogP contribution in [0.5, 0.6) is 0 Å². The molecular weight excluding hydrogens is 254 g/mol. The van der Waals surface area contributed by atoms with Crippen LogP contribution < -0.4 is 0 Å². The van der Waals surface area contributed by atoms with Crippen LogP contribution >= 0.6 is 0 Å². The second-order valence-electron chi connectivity index (χ2n) is 7.84. The molecule has 1 unspecified atom stereocenters. The van der Waals surface area contributed by atoms with Gasteiger partial charge in [-0.3, -0.25) is 0 Å². The van der Waals surface area contributed by atoms with E-state index < -0.39 is 0 Å². The van der Waals surface area contributed by atoms with Crippen molar-refractivity contribution < 1.29 is 0 Å². The highest BCUT2D eigenvalue weighted by Crippen LogP contribution is 2.41. The molecule has 0 aliphatic rings. The van der Waals surface area contributed by atoms with Gasteiger partial charge in [-0.1, -0.05) is 66.0 Å². The van der Waals surface area contributed by atoms with E-state index in [1.807, 2.05) is 0 Å². The summed E-state index contributed by atoms with van der Waals surface area (Å²) < 4.78 is 0. The predicted octanol–water partition coefficient (Wildman–Crippen LogP) is 6.15. The van der Waals surface area contributed by atoms with Crippen LogP contribution in [-0.4, -0.2) is 25.5 Å². The van der Waals surface area contributed by atoms with Crippen LogP contribution in [0, 0.1) is 17.3 Å². The van der Waals surface area contributed by atoms with E-state index in [0.29, 0.717) is 5.41 Å². The molecule has 1 heteroatoms. The van der Waals surface area contributed by atoms with Crippen LogP contribution in [0.25, 0.3) is 0 Å². The second-order valence-corrected chi connectivity index (χ2v) is 7.84. The van der Waals surface area contributed by atoms with Gasteiger partial charge in [-0.25, -0.2) is 0 Å². The normalized spacial score (nSPS) is 15.0. The fourth-order valence-corrected chi connectivity index (χ4v) is 2.98. The molecule has 0 aliphatic heterocycles. The maximum Gasteiger partial charge on any atom is -0.00218 e. The van der Waals surface area contributed by atoms with Gasteiger partial charge in [0, 0.05) is 0 Å². The van der Waals surface area contributed by atoms with Crippen LogP contribution in [0.3, 0.4) is 0 Å². The maximum atomic E-state index is 2.54. The number of allylic oxidation sites excluding steroid dienone is 2. The zero-order valence-electron chi connectivity index (χ0n) is 16.1. The summed E-state index contributed by atoms with van der Waals surface area (Å²) in [5, 5.41) is 0. The topological polar surface area (TPSA) is 3.24 Å². The predicted molar refractivity (Wildman–Crippen MR) is 97.8 cm³/mol. The van der Waals surface area contributed by atoms with E-state index in [9.17, 15) is 0 Å². The van der Waals surface area contributed by atoms with Gasteiger partial charge in [0.05, 0.1) is 0 Å². The first-order valence-electron chi connectivity index (χ1n) is 9.08. The Morgan fingerprint density at radius 1 is 1.14 bits per heavy atom. The summed E-state index contributed by atoms with van der Waals surface area (Å²) in [6.07, 6.45) is 10.2. The third-order valence-electron chi connectivity index (χ3n) is 5.37. The van der Waals surface area contributed by atoms with Crippen LogP contribution in [-0.2, 0) is 0 Å². The van der Waals surface area contributed by atoms with Crippen LogP contribution in [0.4, 0.5) is 0 Å². The SMILES string of the molecule is CCC/C=C(\CCCN(C)C)CC(CC)C(C)(C)C(C)C. The summed E-state index contributed by atoms with van der Waals surface area (Å²) in [4.78, 5) is 2.30. The average molecular weight is 296 g/mol. The summed E-state index contributed by atoms with van der Waals surface area (Å²) in [6, 6.07) is 0. The number of unbranched alkanes of at least 4 members (excludes halogenated alkanes) is 1. The third-order valence-corrected chi connectivity index (χ3v) is 5.37. The minimum absolute atomic E-state index is 0.432. The first-order chi connectivity index (χ1) is 9.75. The number of rotatable bonds is 11. The lowest BCUT2D eigenvalue weighted by Crippen LogP contribution is -2.29. The lowest BCUT2D eigenvalue weighted by atomic mass is 9.67. The molecule has 0 aliphatic carbocycles. The first kappa shape index (κ1) is 20.7. The Labute approximate surface area is 135 Å². The van der Waals surface area contributed by atoms with Crippen LogP contribution in [0.2, 0.25) is 0 Å². The van der Waals surface area contributed by atoms with Crippen LogP contribution in [0.1, 0.15) is 80.1 Å². The van der Waals surface area contributed by atoms with Gasteiger partial charge >= 0.3 is 0 Å². The Morgan fingerprint density at radius 2 is 1.76 bits per heavy atom. The van der Waals surface area contributed by atoms with Gasteiger partial charge in [-0.05, 0) is 63.6 Å². The van der Waals surface area contributed by atoms with E-state index in [2.05, 4.69) is 66.6 Å². The monoisotopic (exact) mass is 295 g/mol. The molecule has 0 saturated heterocycles. The lowest BCUT2D eigenvalue weighted by molar-refractivity contribution is 0.131. The van der Waals surface area contributed by atoms with Crippen molar-refractivity contribution in [3.8, 4) is 0 Å². The van der Waals surface area contributed by atoms with Crippen molar-refractivity contribution in [3.05, 3.63) is 11.6 Å². The van der Waals surface area contributed by atoms with Gasteiger partial charge in [-0.2, -0.15) is 0 Å². The summed E-state index contributed by atoms with van der Waals surface area (Å²) >= 11 is 0. The summed E-state index contributed by atoms with van der Waals surface area (Å²) in [7, 11) is 4.35. The van der Waals surface area contributed by atoms with Gasteiger partial charge in [0.15, 0.2) is 0 Å². The fourth-order valence-electron chi connectivity index (χ4n) is 2.98. The smallest absolute Gasteiger partial charge is 0.00218 e. The molecule has 0 amide bonds. The molecule has 0 aromatic carbocycles. The number of hydrogen-bond acceptors (Lipinski definition) is 1. The Morgan fingerprint density at radius 3 is 2.19 bits per heavy atom. The lowest BCUT2D eigenvalue weighted by Gasteiger charge is -2.38. The number of nitrogens with zero attached hydrogens (tertiary/aromatic N) is 1. The standard InChI is InChI=1S/C20H41N/c1-9-11-13-18(14-12-15-21(7)8)16-19(10-2)20(5,6)17(3)4/h13,17,19H,9-12,14-16H2,1-8H3/b18-13+. The highest BCUT2D eigenvalue weighted by atomic mass is 15.0. The average Bonchev–Trinajstić information content (AvgIpc) is 2.40. The minimum atomic E-state index is 0.432. The highest BCUT2D eigenvalue weighted by molar-refractivity contribution is 5.05. The van der Waals surface area contributed by atoms with Crippen molar-refractivity contribution in [3.63, 3.8) is 0 Å². The largest absolute Gasteiger partial charge is 0.309 e. The molecule has 0 aromatic rings. The third kappa shape index (κ3) is 8.04. The molecule has 0 saturated carbocycles. The molecule has 0 radical (unpaired) electrons. The summed E-state index contributed by atoms with van der Waals surface area (Å²) in [6.45, 7) is 15.5. The quantitative estimate of drug-likeness (QED) is 0.413. The molecule has 0 spiro atoms. The summed E-state index contributed by atoms with van der Waals surface area (Å²) in [5.74, 6) is 1.55. The molecule has 21 heavy (non-hydrogen) atoms. The van der Waals surface area contributed by atoms with E-state index >= 15 is 0 Å². The molecular formula is C20H41N. The van der Waals surface area contributed by atoms with Crippen molar-refractivity contribution >= 4 is 0 Å².